The normalized spacial score (nSPS) is 14.8. The van der Waals surface area contributed by atoms with Crippen molar-refractivity contribution in [2.45, 2.75) is 29.2 Å². The molecule has 0 amide bonds. The predicted octanol–water partition coefficient (Wildman–Crippen LogP) is 4.64. The molecule has 0 radical (unpaired) electrons. The molecule has 4 nitrogen and oxygen atoms in total. The maximum Gasteiger partial charge on any atom is 0.332 e. The number of carboxylic acid groups (broad SMARTS) is 1. The molecule has 1 aliphatic rings. The fourth-order valence-corrected chi connectivity index (χ4v) is 3.79. The summed E-state index contributed by atoms with van der Waals surface area (Å²) in [5, 5.41) is 16.6. The molecule has 0 aromatic heterocycles. The Hall–Kier alpha value is -1.79. The van der Waals surface area contributed by atoms with E-state index in [9.17, 15) is 4.79 Å². The SMILES string of the molecule is CC(O)C(=O)O.CN(C)CCC=C1c2ccccc2Sc2ccc(Cl)cc21. The largest absolute Gasteiger partial charge is 0.479 e. The summed E-state index contributed by atoms with van der Waals surface area (Å²) in [6, 6.07) is 14.8. The second-order valence-corrected chi connectivity index (χ2v) is 7.98. The van der Waals surface area contributed by atoms with Crippen LogP contribution >= 0.6 is 23.4 Å². The first-order chi connectivity index (χ1) is 12.8. The van der Waals surface area contributed by atoms with E-state index in [4.69, 9.17) is 21.8 Å². The van der Waals surface area contributed by atoms with Gasteiger partial charge in [-0.1, -0.05) is 47.6 Å². The zero-order chi connectivity index (χ0) is 20.0. The van der Waals surface area contributed by atoms with E-state index in [2.05, 4.69) is 61.5 Å². The number of halogens is 1. The molecule has 2 aromatic rings. The van der Waals surface area contributed by atoms with Crippen LogP contribution in [0.5, 0.6) is 0 Å². The molecule has 1 atom stereocenters. The monoisotopic (exact) mass is 405 g/mol. The minimum Gasteiger partial charge on any atom is -0.479 e. The number of nitrogens with zero attached hydrogens (tertiary/aromatic N) is 1. The first-order valence-electron chi connectivity index (χ1n) is 8.62. The molecule has 0 bridgehead atoms. The number of fused-ring (bicyclic) bond motifs is 2. The Bertz CT molecular complexity index is 834. The topological polar surface area (TPSA) is 60.8 Å². The number of hydrogen-bond acceptors (Lipinski definition) is 4. The van der Waals surface area contributed by atoms with Crippen LogP contribution in [0.15, 0.2) is 58.3 Å². The summed E-state index contributed by atoms with van der Waals surface area (Å²) >= 11 is 8.03. The predicted molar refractivity (Wildman–Crippen MR) is 112 cm³/mol. The second-order valence-electron chi connectivity index (χ2n) is 6.46. The van der Waals surface area contributed by atoms with Crippen molar-refractivity contribution in [3.63, 3.8) is 0 Å². The highest BCUT2D eigenvalue weighted by atomic mass is 35.5. The fraction of sp³-hybridized carbons (Fsp3) is 0.286. The number of aliphatic hydroxyl groups excluding tert-OH is 1. The molecule has 3 rings (SSSR count). The maximum absolute atomic E-state index is 9.45. The Morgan fingerprint density at radius 3 is 2.44 bits per heavy atom. The number of rotatable bonds is 4. The van der Waals surface area contributed by atoms with Crippen molar-refractivity contribution in [1.82, 2.24) is 4.90 Å². The Morgan fingerprint density at radius 1 is 1.19 bits per heavy atom. The summed E-state index contributed by atoms with van der Waals surface area (Å²) in [5.41, 5.74) is 3.88. The quantitative estimate of drug-likeness (QED) is 0.662. The highest BCUT2D eigenvalue weighted by Crippen LogP contribution is 2.46. The van der Waals surface area contributed by atoms with Crippen LogP contribution in [-0.4, -0.2) is 47.8 Å². The van der Waals surface area contributed by atoms with Gasteiger partial charge in [-0.3, -0.25) is 0 Å². The van der Waals surface area contributed by atoms with Gasteiger partial charge in [0.2, 0.25) is 0 Å². The fourth-order valence-electron chi connectivity index (χ4n) is 2.53. The van der Waals surface area contributed by atoms with Gasteiger partial charge < -0.3 is 15.1 Å². The summed E-state index contributed by atoms with van der Waals surface area (Å²) < 4.78 is 0. The van der Waals surface area contributed by atoms with Gasteiger partial charge in [0.05, 0.1) is 0 Å². The average Bonchev–Trinajstić information content (AvgIpc) is 2.61. The van der Waals surface area contributed by atoms with Crippen molar-refractivity contribution in [2.24, 2.45) is 0 Å². The summed E-state index contributed by atoms with van der Waals surface area (Å²) in [7, 11) is 4.21. The molecule has 1 aliphatic heterocycles. The van der Waals surface area contributed by atoms with E-state index < -0.39 is 12.1 Å². The van der Waals surface area contributed by atoms with Gasteiger partial charge in [0, 0.05) is 21.4 Å². The molecule has 2 N–H and O–H groups in total. The van der Waals surface area contributed by atoms with Crippen LogP contribution in [-0.2, 0) is 4.79 Å². The molecule has 0 spiro atoms. The van der Waals surface area contributed by atoms with Gasteiger partial charge >= 0.3 is 5.97 Å². The Morgan fingerprint density at radius 2 is 1.81 bits per heavy atom. The lowest BCUT2D eigenvalue weighted by Crippen LogP contribution is -2.13. The summed E-state index contributed by atoms with van der Waals surface area (Å²) in [5.74, 6) is -1.19. The molecule has 0 aliphatic carbocycles. The average molecular weight is 406 g/mol. The highest BCUT2D eigenvalue weighted by Gasteiger charge is 2.20. The van der Waals surface area contributed by atoms with Gasteiger partial charge in [0.25, 0.3) is 0 Å². The van der Waals surface area contributed by atoms with Gasteiger partial charge in [0.15, 0.2) is 0 Å². The van der Waals surface area contributed by atoms with E-state index in [-0.39, 0.29) is 0 Å². The molecular formula is C21H24ClNO3S. The van der Waals surface area contributed by atoms with Crippen molar-refractivity contribution in [3.8, 4) is 0 Å². The van der Waals surface area contributed by atoms with Crippen LogP contribution < -0.4 is 0 Å². The number of benzene rings is 2. The van der Waals surface area contributed by atoms with Gasteiger partial charge in [0.1, 0.15) is 6.10 Å². The van der Waals surface area contributed by atoms with Crippen LogP contribution in [0.25, 0.3) is 5.57 Å². The third-order valence-electron chi connectivity index (χ3n) is 3.91. The molecule has 1 heterocycles. The van der Waals surface area contributed by atoms with Gasteiger partial charge in [-0.15, -0.1) is 0 Å². The van der Waals surface area contributed by atoms with Gasteiger partial charge in [-0.05, 0) is 68.4 Å². The van der Waals surface area contributed by atoms with Crippen LogP contribution in [0.1, 0.15) is 24.5 Å². The van der Waals surface area contributed by atoms with E-state index in [0.717, 1.165) is 18.0 Å². The molecule has 27 heavy (non-hydrogen) atoms. The Labute approximate surface area is 169 Å². The summed E-state index contributed by atoms with van der Waals surface area (Å²) in [6.45, 7) is 2.25. The molecule has 0 saturated carbocycles. The molecule has 1 unspecified atom stereocenters. The van der Waals surface area contributed by atoms with Gasteiger partial charge in [-0.2, -0.15) is 0 Å². The first kappa shape index (κ1) is 21.5. The molecule has 0 saturated heterocycles. The van der Waals surface area contributed by atoms with E-state index >= 15 is 0 Å². The van der Waals surface area contributed by atoms with Crippen LogP contribution in [0.4, 0.5) is 0 Å². The third kappa shape index (κ3) is 6.11. The van der Waals surface area contributed by atoms with Crippen molar-refractivity contribution in [2.75, 3.05) is 20.6 Å². The van der Waals surface area contributed by atoms with E-state index in [1.54, 1.807) is 0 Å². The van der Waals surface area contributed by atoms with Crippen molar-refractivity contribution in [1.29, 1.82) is 0 Å². The van der Waals surface area contributed by atoms with Crippen molar-refractivity contribution >= 4 is 34.9 Å². The smallest absolute Gasteiger partial charge is 0.332 e. The van der Waals surface area contributed by atoms with E-state index in [1.165, 1.54) is 33.4 Å². The zero-order valence-corrected chi connectivity index (χ0v) is 17.2. The van der Waals surface area contributed by atoms with Crippen molar-refractivity contribution < 1.29 is 15.0 Å². The summed E-state index contributed by atoms with van der Waals surface area (Å²) in [4.78, 5) is 14.3. The summed E-state index contributed by atoms with van der Waals surface area (Å²) in [6.07, 6.45) is 2.14. The minimum absolute atomic E-state index is 0.798. The van der Waals surface area contributed by atoms with Crippen LogP contribution in [0.3, 0.4) is 0 Å². The minimum atomic E-state index is -1.23. The highest BCUT2D eigenvalue weighted by molar-refractivity contribution is 7.99. The number of aliphatic carboxylic acids is 1. The lowest BCUT2D eigenvalue weighted by Gasteiger charge is -2.22. The number of aliphatic hydroxyl groups is 1. The lowest BCUT2D eigenvalue weighted by molar-refractivity contribution is -0.145. The van der Waals surface area contributed by atoms with Crippen molar-refractivity contribution in [3.05, 3.63) is 64.7 Å². The second kappa shape index (κ2) is 9.95. The first-order valence-corrected chi connectivity index (χ1v) is 9.82. The number of hydrogen-bond donors (Lipinski definition) is 2. The maximum atomic E-state index is 9.45. The molecule has 0 fully saturated rings. The third-order valence-corrected chi connectivity index (χ3v) is 5.30. The van der Waals surface area contributed by atoms with Crippen LogP contribution in [0, 0.1) is 0 Å². The molecule has 144 valence electrons. The Kier molecular flexibility index (Phi) is 7.92. The lowest BCUT2D eigenvalue weighted by atomic mass is 9.96. The zero-order valence-electron chi connectivity index (χ0n) is 15.6. The number of carboxylic acids is 1. The molecular weight excluding hydrogens is 382 g/mol. The van der Waals surface area contributed by atoms with E-state index in [0.29, 0.717) is 0 Å². The van der Waals surface area contributed by atoms with Crippen LogP contribution in [0.2, 0.25) is 5.02 Å². The number of carbonyl (C=O) groups is 1. The van der Waals surface area contributed by atoms with E-state index in [1.807, 2.05) is 17.8 Å². The Balaban J connectivity index is 0.000000380. The standard InChI is InChI=1S/C18H18ClNS.C3H6O3/c1-20(2)11-5-7-14-15-6-3-4-8-17(15)21-18-10-9-13(19)12-16(14)18;1-2(4)3(5)6/h3-4,6-10,12H,5,11H2,1-2H3;2,4H,1H3,(H,5,6). The van der Waals surface area contributed by atoms with Gasteiger partial charge in [-0.25, -0.2) is 4.79 Å². The molecule has 2 aromatic carbocycles. The molecule has 6 heteroatoms.